The van der Waals surface area contributed by atoms with Crippen LogP contribution in [0.2, 0.25) is 0 Å². The van der Waals surface area contributed by atoms with E-state index in [4.69, 9.17) is 23.7 Å². The van der Waals surface area contributed by atoms with Crippen molar-refractivity contribution in [1.82, 2.24) is 0 Å². The number of fused-ring (bicyclic) bond motifs is 6. The summed E-state index contributed by atoms with van der Waals surface area (Å²) < 4.78 is 29.3. The summed E-state index contributed by atoms with van der Waals surface area (Å²) in [7, 11) is 1.57. The molecule has 12 heteroatoms. The highest BCUT2D eigenvalue weighted by molar-refractivity contribution is 6.01. The lowest BCUT2D eigenvalue weighted by atomic mass is 9.46. The summed E-state index contributed by atoms with van der Waals surface area (Å²) in [6.07, 6.45) is 8.62. The number of carbonyl (C=O) groups is 4. The minimum Gasteiger partial charge on any atom is -0.458 e. The molecule has 12 nitrogen and oxygen atoms in total. The zero-order valence-electron chi connectivity index (χ0n) is 33.7. The average Bonchev–Trinajstić information content (AvgIpc) is 3.46. The zero-order chi connectivity index (χ0) is 40.8. The number of allylic oxidation sites excluding steroid dienone is 4. The third-order valence-corrected chi connectivity index (χ3v) is 13.3. The fraction of sp³-hybridized carbons (Fsp3) is 0.556. The number of carbonyl (C=O) groups excluding carboxylic acids is 4. The average molecular weight is 783 g/mol. The van der Waals surface area contributed by atoms with Gasteiger partial charge in [0.1, 0.15) is 16.9 Å². The topological polar surface area (TPSA) is 159 Å². The van der Waals surface area contributed by atoms with Gasteiger partial charge in [-0.15, -0.1) is 0 Å². The van der Waals surface area contributed by atoms with E-state index in [9.17, 15) is 24.3 Å². The number of hydrogen-bond donors (Lipinski definition) is 1. The molecule has 2 aromatic rings. The van der Waals surface area contributed by atoms with Gasteiger partial charge in [0.15, 0.2) is 18.7 Å². The summed E-state index contributed by atoms with van der Waals surface area (Å²) in [6.45, 7) is 9.07. The fourth-order valence-corrected chi connectivity index (χ4v) is 10.6. The lowest BCUT2D eigenvalue weighted by molar-refractivity contribution is -0.248. The molecule has 0 amide bonds. The van der Waals surface area contributed by atoms with Crippen molar-refractivity contribution >= 4 is 34.9 Å². The Balaban J connectivity index is 1.04. The molecule has 0 radical (unpaired) electrons. The van der Waals surface area contributed by atoms with Crippen LogP contribution in [0.1, 0.15) is 102 Å². The van der Waals surface area contributed by atoms with Crippen LogP contribution in [0.5, 0.6) is 5.75 Å². The van der Waals surface area contributed by atoms with Crippen LogP contribution in [0.25, 0.3) is 0 Å². The van der Waals surface area contributed by atoms with Gasteiger partial charge >= 0.3 is 11.9 Å². The SMILES string of the molecule is CCCC(OC)OC1(C(=O)COC(=O)CCc2ccccc2N=Nc2ccc3c(c2)C(=O)OC(C)(C)O3)CCC2C3CCC4=CC(=O)C=CC4(C)C3C(O)CC21C. The first-order chi connectivity index (χ1) is 27.1. The van der Waals surface area contributed by atoms with Crippen molar-refractivity contribution in [2.24, 2.45) is 38.8 Å². The van der Waals surface area contributed by atoms with E-state index in [2.05, 4.69) is 24.1 Å². The van der Waals surface area contributed by atoms with Crippen LogP contribution in [0.15, 0.2) is 76.5 Å². The zero-order valence-corrected chi connectivity index (χ0v) is 33.7. The van der Waals surface area contributed by atoms with Gasteiger partial charge in [0.2, 0.25) is 11.6 Å². The molecule has 0 saturated heterocycles. The first kappa shape index (κ1) is 40.7. The molecule has 8 unspecified atom stereocenters. The van der Waals surface area contributed by atoms with E-state index in [1.165, 1.54) is 0 Å². The fourth-order valence-electron chi connectivity index (χ4n) is 10.6. The Morgan fingerprint density at radius 3 is 2.60 bits per heavy atom. The Morgan fingerprint density at radius 1 is 1.04 bits per heavy atom. The van der Waals surface area contributed by atoms with E-state index < -0.39 is 53.2 Å². The number of esters is 2. The lowest BCUT2D eigenvalue weighted by Crippen LogP contribution is -2.63. The molecular weight excluding hydrogens is 728 g/mol. The van der Waals surface area contributed by atoms with E-state index in [0.29, 0.717) is 36.4 Å². The Bertz CT molecular complexity index is 2020. The third kappa shape index (κ3) is 7.52. The minimum absolute atomic E-state index is 0.00513. The van der Waals surface area contributed by atoms with Gasteiger partial charge in [-0.05, 0) is 98.8 Å². The molecular formula is C45H54N2O10. The van der Waals surface area contributed by atoms with Crippen molar-refractivity contribution < 1.29 is 48.0 Å². The molecule has 5 aliphatic rings. The number of benzene rings is 2. The van der Waals surface area contributed by atoms with E-state index in [1.807, 2.05) is 31.2 Å². The maximum Gasteiger partial charge on any atom is 0.345 e. The van der Waals surface area contributed by atoms with Crippen LogP contribution >= 0.6 is 0 Å². The summed E-state index contributed by atoms with van der Waals surface area (Å²) in [5.74, 6) is -1.98. The van der Waals surface area contributed by atoms with Crippen LogP contribution in [0.3, 0.4) is 0 Å². The highest BCUT2D eigenvalue weighted by atomic mass is 16.7. The summed E-state index contributed by atoms with van der Waals surface area (Å²) in [5, 5.41) is 20.8. The van der Waals surface area contributed by atoms with Gasteiger partial charge in [-0.1, -0.05) is 57.0 Å². The van der Waals surface area contributed by atoms with Crippen molar-refractivity contribution in [2.45, 2.75) is 116 Å². The maximum absolute atomic E-state index is 14.6. The monoisotopic (exact) mass is 782 g/mol. The molecule has 0 aromatic heterocycles. The van der Waals surface area contributed by atoms with Crippen LogP contribution in [-0.4, -0.2) is 66.1 Å². The van der Waals surface area contributed by atoms with Crippen LogP contribution in [0, 0.1) is 28.6 Å². The highest BCUT2D eigenvalue weighted by Crippen LogP contribution is 2.68. The lowest BCUT2D eigenvalue weighted by Gasteiger charge is -2.60. The second-order valence-corrected chi connectivity index (χ2v) is 17.1. The van der Waals surface area contributed by atoms with Crippen molar-refractivity contribution in [3.8, 4) is 5.75 Å². The minimum atomic E-state index is -1.34. The smallest absolute Gasteiger partial charge is 0.345 e. The van der Waals surface area contributed by atoms with Gasteiger partial charge in [0.25, 0.3) is 0 Å². The van der Waals surface area contributed by atoms with Crippen molar-refractivity contribution in [2.75, 3.05) is 13.7 Å². The molecule has 3 saturated carbocycles. The normalized spacial score (nSPS) is 31.6. The highest BCUT2D eigenvalue weighted by Gasteiger charge is 2.69. The molecule has 4 aliphatic carbocycles. The molecule has 7 rings (SSSR count). The van der Waals surface area contributed by atoms with E-state index in [1.54, 1.807) is 57.4 Å². The molecule has 1 heterocycles. The van der Waals surface area contributed by atoms with E-state index in [-0.39, 0.29) is 47.7 Å². The first-order valence-corrected chi connectivity index (χ1v) is 20.2. The van der Waals surface area contributed by atoms with Crippen molar-refractivity contribution in [3.63, 3.8) is 0 Å². The van der Waals surface area contributed by atoms with E-state index in [0.717, 1.165) is 36.8 Å². The Kier molecular flexibility index (Phi) is 11.2. The molecule has 1 aliphatic heterocycles. The summed E-state index contributed by atoms with van der Waals surface area (Å²) >= 11 is 0. The predicted molar refractivity (Wildman–Crippen MR) is 209 cm³/mol. The Morgan fingerprint density at radius 2 is 1.82 bits per heavy atom. The number of aliphatic hydroxyl groups is 1. The Hall–Kier alpha value is -4.52. The number of ether oxygens (including phenoxy) is 5. The van der Waals surface area contributed by atoms with E-state index >= 15 is 0 Å². The molecule has 1 N–H and O–H groups in total. The Labute approximate surface area is 334 Å². The van der Waals surface area contributed by atoms with Gasteiger partial charge in [0, 0.05) is 44.1 Å². The van der Waals surface area contributed by atoms with Crippen LogP contribution in [-0.2, 0) is 39.8 Å². The second kappa shape index (κ2) is 15.7. The van der Waals surface area contributed by atoms with Crippen molar-refractivity contribution in [3.05, 3.63) is 77.4 Å². The number of rotatable bonds is 13. The number of cyclic esters (lactones) is 1. The number of methoxy groups -OCH3 is 1. The van der Waals surface area contributed by atoms with Crippen LogP contribution in [0.4, 0.5) is 11.4 Å². The predicted octanol–water partition coefficient (Wildman–Crippen LogP) is 8.24. The molecule has 8 atom stereocenters. The number of Topliss-reactive ketones (excluding diaryl/α,β-unsaturated/α-hetero) is 1. The number of ketones is 2. The van der Waals surface area contributed by atoms with Gasteiger partial charge in [-0.3, -0.25) is 14.4 Å². The standard InChI is InChI=1S/C45H54N2O10/c1-7-10-39(53-6)56-45(22-20-33-31-16-14-28-23-30(48)19-21-43(28,4)40(31)35(49)25-44(33,45)5)37(50)26-54-38(51)18-13-27-11-8-9-12-34(27)47-46-29-15-17-36-32(24-29)41(52)57-42(2,3)55-36/h8-9,11-12,15,17,19,21,23-24,31,33,35,39-40,49H,7,10,13-14,16,18,20,22,25-26H2,1-6H3. The molecule has 304 valence electrons. The first-order valence-electron chi connectivity index (χ1n) is 20.2. The van der Waals surface area contributed by atoms with Crippen LogP contribution < -0.4 is 4.74 Å². The summed E-state index contributed by atoms with van der Waals surface area (Å²) in [5.41, 5.74) is 0.522. The van der Waals surface area contributed by atoms with Gasteiger partial charge in [-0.2, -0.15) is 10.2 Å². The van der Waals surface area contributed by atoms with Gasteiger partial charge in [-0.25, -0.2) is 4.79 Å². The third-order valence-electron chi connectivity index (χ3n) is 13.3. The number of azo groups is 1. The summed E-state index contributed by atoms with van der Waals surface area (Å²) in [6, 6.07) is 12.2. The largest absolute Gasteiger partial charge is 0.458 e. The number of aryl methyl sites for hydroxylation is 1. The molecule has 3 fully saturated rings. The molecule has 2 aromatic carbocycles. The number of nitrogens with zero attached hydrogens (tertiary/aromatic N) is 2. The van der Waals surface area contributed by atoms with Gasteiger partial charge < -0.3 is 28.8 Å². The maximum atomic E-state index is 14.6. The van der Waals surface area contributed by atoms with Gasteiger partial charge in [0.05, 0.1) is 17.5 Å². The van der Waals surface area contributed by atoms with Crippen molar-refractivity contribution in [1.29, 1.82) is 0 Å². The number of hydrogen-bond acceptors (Lipinski definition) is 12. The summed E-state index contributed by atoms with van der Waals surface area (Å²) in [4.78, 5) is 52.7. The quantitative estimate of drug-likeness (QED) is 0.119. The molecule has 0 spiro atoms. The molecule has 0 bridgehead atoms. The second-order valence-electron chi connectivity index (χ2n) is 17.1. The number of aliphatic hydroxyl groups excluding tert-OH is 1. The molecule has 57 heavy (non-hydrogen) atoms.